The number of nitrogens with one attached hydrogen (secondary N) is 1. The molecular formula is C13H19NO. The molecule has 0 saturated carbocycles. The third-order valence-electron chi connectivity index (χ3n) is 3.45. The summed E-state index contributed by atoms with van der Waals surface area (Å²) in [5.41, 5.74) is 4.26. The molecule has 1 aliphatic carbocycles. The van der Waals surface area contributed by atoms with Crippen LogP contribution in [0.1, 0.15) is 35.6 Å². The van der Waals surface area contributed by atoms with E-state index in [1.807, 2.05) is 7.05 Å². The summed E-state index contributed by atoms with van der Waals surface area (Å²) in [6, 6.07) is 4.82. The largest absolute Gasteiger partial charge is 0.496 e. The van der Waals surface area contributed by atoms with Crippen molar-refractivity contribution in [3.8, 4) is 5.75 Å². The van der Waals surface area contributed by atoms with Crippen molar-refractivity contribution in [2.45, 2.75) is 32.2 Å². The van der Waals surface area contributed by atoms with E-state index in [0.717, 1.165) is 5.75 Å². The minimum absolute atomic E-state index is 0.526. The number of ether oxygens (including phenoxy) is 1. The Morgan fingerprint density at radius 2 is 2.20 bits per heavy atom. The van der Waals surface area contributed by atoms with Gasteiger partial charge in [0.15, 0.2) is 0 Å². The number of rotatable bonds is 2. The van der Waals surface area contributed by atoms with E-state index in [2.05, 4.69) is 24.4 Å². The highest BCUT2D eigenvalue weighted by Crippen LogP contribution is 2.35. The first-order valence-corrected chi connectivity index (χ1v) is 5.61. The zero-order chi connectivity index (χ0) is 10.8. The van der Waals surface area contributed by atoms with Crippen LogP contribution in [-0.4, -0.2) is 14.2 Å². The predicted octanol–water partition coefficient (Wildman–Crippen LogP) is 2.60. The molecule has 82 valence electrons. The minimum atomic E-state index is 0.526. The molecule has 0 aliphatic heterocycles. The second kappa shape index (κ2) is 4.23. The Balaban J connectivity index is 2.47. The van der Waals surface area contributed by atoms with Gasteiger partial charge in [-0.25, -0.2) is 0 Å². The number of hydrogen-bond donors (Lipinski definition) is 1. The van der Waals surface area contributed by atoms with Crippen molar-refractivity contribution in [3.63, 3.8) is 0 Å². The maximum Gasteiger partial charge on any atom is 0.122 e. The maximum absolute atomic E-state index is 5.36. The first kappa shape index (κ1) is 10.5. The monoisotopic (exact) mass is 205 g/mol. The highest BCUT2D eigenvalue weighted by molar-refractivity contribution is 5.46. The van der Waals surface area contributed by atoms with Gasteiger partial charge in [-0.3, -0.25) is 0 Å². The quantitative estimate of drug-likeness (QED) is 0.801. The lowest BCUT2D eigenvalue weighted by Crippen LogP contribution is -2.22. The fourth-order valence-corrected chi connectivity index (χ4v) is 2.57. The van der Waals surface area contributed by atoms with E-state index in [1.165, 1.54) is 36.0 Å². The van der Waals surface area contributed by atoms with Gasteiger partial charge in [-0.05, 0) is 56.0 Å². The van der Waals surface area contributed by atoms with Gasteiger partial charge >= 0.3 is 0 Å². The molecule has 0 bridgehead atoms. The molecule has 1 aromatic rings. The van der Waals surface area contributed by atoms with Crippen molar-refractivity contribution >= 4 is 0 Å². The average Bonchev–Trinajstić information content (AvgIpc) is 2.29. The number of hydrogen-bond acceptors (Lipinski definition) is 2. The summed E-state index contributed by atoms with van der Waals surface area (Å²) in [5.74, 6) is 1.02. The van der Waals surface area contributed by atoms with Crippen LogP contribution in [0, 0.1) is 6.92 Å². The standard InChI is InChI=1S/C13H19NO/c1-9-10-5-4-6-12(14-2)11(10)7-8-13(9)15-3/h7-8,12,14H,4-6H2,1-3H3. The van der Waals surface area contributed by atoms with Crippen LogP contribution in [0.4, 0.5) is 0 Å². The molecule has 0 radical (unpaired) electrons. The third-order valence-corrected chi connectivity index (χ3v) is 3.45. The molecule has 15 heavy (non-hydrogen) atoms. The summed E-state index contributed by atoms with van der Waals surface area (Å²) < 4.78 is 5.36. The zero-order valence-electron chi connectivity index (χ0n) is 9.76. The van der Waals surface area contributed by atoms with Crippen molar-refractivity contribution in [1.29, 1.82) is 0 Å². The molecule has 1 aromatic carbocycles. The number of benzene rings is 1. The van der Waals surface area contributed by atoms with E-state index in [0.29, 0.717) is 6.04 Å². The Bertz CT molecular complexity index is 360. The van der Waals surface area contributed by atoms with Crippen molar-refractivity contribution in [2.75, 3.05) is 14.2 Å². The van der Waals surface area contributed by atoms with Gasteiger partial charge in [-0.1, -0.05) is 6.07 Å². The molecule has 1 atom stereocenters. The molecule has 1 aliphatic rings. The zero-order valence-corrected chi connectivity index (χ0v) is 9.76. The normalized spacial score (nSPS) is 19.8. The third kappa shape index (κ3) is 1.74. The number of fused-ring (bicyclic) bond motifs is 1. The fraction of sp³-hybridized carbons (Fsp3) is 0.538. The van der Waals surface area contributed by atoms with Crippen LogP contribution in [0.5, 0.6) is 5.75 Å². The van der Waals surface area contributed by atoms with E-state index in [-0.39, 0.29) is 0 Å². The molecule has 0 heterocycles. The molecule has 1 unspecified atom stereocenters. The van der Waals surface area contributed by atoms with Crippen molar-refractivity contribution in [1.82, 2.24) is 5.32 Å². The maximum atomic E-state index is 5.36. The Morgan fingerprint density at radius 3 is 2.87 bits per heavy atom. The van der Waals surface area contributed by atoms with Gasteiger partial charge in [-0.2, -0.15) is 0 Å². The van der Waals surface area contributed by atoms with Crippen LogP contribution in [0.15, 0.2) is 12.1 Å². The van der Waals surface area contributed by atoms with Gasteiger partial charge in [0.05, 0.1) is 7.11 Å². The van der Waals surface area contributed by atoms with Crippen LogP contribution in [-0.2, 0) is 6.42 Å². The SMILES string of the molecule is CNC1CCCc2c1ccc(OC)c2C. The Morgan fingerprint density at radius 1 is 1.40 bits per heavy atom. The van der Waals surface area contributed by atoms with Crippen LogP contribution in [0.25, 0.3) is 0 Å². The molecule has 2 heteroatoms. The molecule has 1 N–H and O–H groups in total. The summed E-state index contributed by atoms with van der Waals surface area (Å²) in [6.07, 6.45) is 3.71. The Kier molecular flexibility index (Phi) is 2.96. The molecule has 0 saturated heterocycles. The average molecular weight is 205 g/mol. The lowest BCUT2D eigenvalue weighted by molar-refractivity contribution is 0.408. The van der Waals surface area contributed by atoms with Gasteiger partial charge in [0, 0.05) is 6.04 Å². The second-order valence-corrected chi connectivity index (χ2v) is 4.19. The second-order valence-electron chi connectivity index (χ2n) is 4.19. The molecule has 0 fully saturated rings. The lowest BCUT2D eigenvalue weighted by atomic mass is 9.85. The van der Waals surface area contributed by atoms with E-state index < -0.39 is 0 Å². The topological polar surface area (TPSA) is 21.3 Å². The van der Waals surface area contributed by atoms with Crippen molar-refractivity contribution in [2.24, 2.45) is 0 Å². The van der Waals surface area contributed by atoms with Crippen molar-refractivity contribution < 1.29 is 4.74 Å². The van der Waals surface area contributed by atoms with Gasteiger partial charge in [0.25, 0.3) is 0 Å². The molecule has 0 amide bonds. The van der Waals surface area contributed by atoms with Gasteiger partial charge in [0.2, 0.25) is 0 Å². The van der Waals surface area contributed by atoms with Gasteiger partial charge in [0.1, 0.15) is 5.75 Å². The molecule has 2 nitrogen and oxygen atoms in total. The highest BCUT2D eigenvalue weighted by Gasteiger charge is 2.21. The van der Waals surface area contributed by atoms with E-state index in [4.69, 9.17) is 4.74 Å². The van der Waals surface area contributed by atoms with Crippen LogP contribution in [0.2, 0.25) is 0 Å². The molecular weight excluding hydrogens is 186 g/mol. The Labute approximate surface area is 91.6 Å². The van der Waals surface area contributed by atoms with Gasteiger partial charge in [-0.15, -0.1) is 0 Å². The Hall–Kier alpha value is -1.02. The van der Waals surface area contributed by atoms with Crippen LogP contribution < -0.4 is 10.1 Å². The molecule has 0 spiro atoms. The smallest absolute Gasteiger partial charge is 0.122 e. The molecule has 0 aromatic heterocycles. The number of methoxy groups -OCH3 is 1. The molecule has 2 rings (SSSR count). The van der Waals surface area contributed by atoms with Crippen LogP contribution in [0.3, 0.4) is 0 Å². The minimum Gasteiger partial charge on any atom is -0.496 e. The first-order chi connectivity index (χ1) is 7.27. The van der Waals surface area contributed by atoms with Gasteiger partial charge < -0.3 is 10.1 Å². The first-order valence-electron chi connectivity index (χ1n) is 5.61. The fourth-order valence-electron chi connectivity index (χ4n) is 2.57. The van der Waals surface area contributed by atoms with Crippen molar-refractivity contribution in [3.05, 3.63) is 28.8 Å². The van der Waals surface area contributed by atoms with E-state index in [9.17, 15) is 0 Å². The lowest BCUT2D eigenvalue weighted by Gasteiger charge is -2.27. The van der Waals surface area contributed by atoms with Crippen LogP contribution >= 0.6 is 0 Å². The highest BCUT2D eigenvalue weighted by atomic mass is 16.5. The summed E-state index contributed by atoms with van der Waals surface area (Å²) in [4.78, 5) is 0. The summed E-state index contributed by atoms with van der Waals surface area (Å²) in [6.45, 7) is 2.16. The summed E-state index contributed by atoms with van der Waals surface area (Å²) >= 11 is 0. The van der Waals surface area contributed by atoms with E-state index >= 15 is 0 Å². The predicted molar refractivity (Wildman–Crippen MR) is 62.5 cm³/mol. The summed E-state index contributed by atoms with van der Waals surface area (Å²) in [5, 5.41) is 3.38. The summed E-state index contributed by atoms with van der Waals surface area (Å²) in [7, 11) is 3.78. The van der Waals surface area contributed by atoms with E-state index in [1.54, 1.807) is 7.11 Å².